The summed E-state index contributed by atoms with van der Waals surface area (Å²) in [6.45, 7) is 9.20. The van der Waals surface area contributed by atoms with Crippen LogP contribution in [-0.4, -0.2) is 29.6 Å². The van der Waals surface area contributed by atoms with Gasteiger partial charge in [-0.15, -0.1) is 0 Å². The van der Waals surface area contributed by atoms with E-state index in [0.29, 0.717) is 6.04 Å². The summed E-state index contributed by atoms with van der Waals surface area (Å²) in [5, 5.41) is 0. The molecule has 1 fully saturated rings. The van der Waals surface area contributed by atoms with Crippen molar-refractivity contribution in [1.29, 1.82) is 0 Å². The Labute approximate surface area is 88.8 Å². The number of nitrogens with two attached hydrogens (primary N) is 1. The zero-order chi connectivity index (χ0) is 10.6. The highest BCUT2D eigenvalue weighted by Gasteiger charge is 2.32. The molecular formula is C12H26N2. The molecule has 0 aromatic rings. The molecular weight excluding hydrogens is 172 g/mol. The molecule has 0 aromatic heterocycles. The third-order valence-corrected chi connectivity index (χ3v) is 3.49. The van der Waals surface area contributed by atoms with Gasteiger partial charge in [0.1, 0.15) is 0 Å². The van der Waals surface area contributed by atoms with Crippen LogP contribution in [0, 0.1) is 0 Å². The van der Waals surface area contributed by atoms with Gasteiger partial charge in [-0.3, -0.25) is 0 Å². The second kappa shape index (κ2) is 5.13. The summed E-state index contributed by atoms with van der Waals surface area (Å²) in [4.78, 5) is 2.55. The first-order valence-corrected chi connectivity index (χ1v) is 6.10. The summed E-state index contributed by atoms with van der Waals surface area (Å²) in [7, 11) is 0. The molecule has 1 aliphatic rings. The fourth-order valence-corrected chi connectivity index (χ4v) is 2.16. The molecule has 1 aliphatic carbocycles. The standard InChI is InChI=1S/C12H26N2/c1-4-9-14(11(2)3)10-8-12(13)6-5-7-12/h11H,4-10,13H2,1-3H3. The van der Waals surface area contributed by atoms with Gasteiger partial charge in [0.05, 0.1) is 0 Å². The van der Waals surface area contributed by atoms with Crippen molar-refractivity contribution in [1.82, 2.24) is 4.90 Å². The minimum Gasteiger partial charge on any atom is -0.325 e. The van der Waals surface area contributed by atoms with E-state index in [0.717, 1.165) is 0 Å². The second-order valence-corrected chi connectivity index (χ2v) is 5.10. The molecule has 1 rings (SSSR count). The first-order chi connectivity index (χ1) is 6.57. The topological polar surface area (TPSA) is 29.3 Å². The SMILES string of the molecule is CCCN(CCC1(N)CCC1)C(C)C. The molecule has 0 bridgehead atoms. The average molecular weight is 198 g/mol. The van der Waals surface area contributed by atoms with Crippen molar-refractivity contribution >= 4 is 0 Å². The molecule has 1 saturated carbocycles. The fraction of sp³-hybridized carbons (Fsp3) is 1.00. The Morgan fingerprint density at radius 3 is 2.29 bits per heavy atom. The van der Waals surface area contributed by atoms with Crippen molar-refractivity contribution in [2.75, 3.05) is 13.1 Å². The molecule has 2 heteroatoms. The predicted molar refractivity (Wildman–Crippen MR) is 62.4 cm³/mol. The van der Waals surface area contributed by atoms with Crippen LogP contribution in [0.5, 0.6) is 0 Å². The maximum Gasteiger partial charge on any atom is 0.0166 e. The van der Waals surface area contributed by atoms with Gasteiger partial charge in [0.15, 0.2) is 0 Å². The van der Waals surface area contributed by atoms with Gasteiger partial charge in [-0.1, -0.05) is 6.92 Å². The largest absolute Gasteiger partial charge is 0.325 e. The molecule has 14 heavy (non-hydrogen) atoms. The van der Waals surface area contributed by atoms with E-state index in [-0.39, 0.29) is 5.54 Å². The van der Waals surface area contributed by atoms with E-state index < -0.39 is 0 Å². The number of rotatable bonds is 6. The summed E-state index contributed by atoms with van der Waals surface area (Å²) in [6.07, 6.45) is 6.25. The van der Waals surface area contributed by atoms with Crippen molar-refractivity contribution in [3.8, 4) is 0 Å². The predicted octanol–water partition coefficient (Wildman–Crippen LogP) is 2.38. The molecule has 84 valence electrons. The van der Waals surface area contributed by atoms with Crippen molar-refractivity contribution in [3.05, 3.63) is 0 Å². The Hall–Kier alpha value is -0.0800. The van der Waals surface area contributed by atoms with Crippen LogP contribution >= 0.6 is 0 Å². The molecule has 0 atom stereocenters. The lowest BCUT2D eigenvalue weighted by Gasteiger charge is -2.40. The number of nitrogens with zero attached hydrogens (tertiary/aromatic N) is 1. The Kier molecular flexibility index (Phi) is 4.39. The van der Waals surface area contributed by atoms with E-state index in [9.17, 15) is 0 Å². The quantitative estimate of drug-likeness (QED) is 0.710. The van der Waals surface area contributed by atoms with E-state index in [2.05, 4.69) is 25.7 Å². The van der Waals surface area contributed by atoms with Gasteiger partial charge in [-0.2, -0.15) is 0 Å². The molecule has 0 aliphatic heterocycles. The van der Waals surface area contributed by atoms with Crippen molar-refractivity contribution in [2.45, 2.75) is 64.5 Å². The summed E-state index contributed by atoms with van der Waals surface area (Å²) >= 11 is 0. The van der Waals surface area contributed by atoms with Gasteiger partial charge in [-0.25, -0.2) is 0 Å². The summed E-state index contributed by atoms with van der Waals surface area (Å²) < 4.78 is 0. The van der Waals surface area contributed by atoms with Crippen molar-refractivity contribution in [2.24, 2.45) is 5.73 Å². The monoisotopic (exact) mass is 198 g/mol. The zero-order valence-corrected chi connectivity index (χ0v) is 10.1. The van der Waals surface area contributed by atoms with Crippen LogP contribution in [0.4, 0.5) is 0 Å². The van der Waals surface area contributed by atoms with Crippen molar-refractivity contribution < 1.29 is 0 Å². The van der Waals surface area contributed by atoms with Gasteiger partial charge in [0.25, 0.3) is 0 Å². The second-order valence-electron chi connectivity index (χ2n) is 5.10. The molecule has 0 aromatic carbocycles. The van der Waals surface area contributed by atoms with E-state index in [1.165, 1.54) is 45.2 Å². The Bertz CT molecular complexity index is 162. The third-order valence-electron chi connectivity index (χ3n) is 3.49. The molecule has 0 radical (unpaired) electrons. The van der Waals surface area contributed by atoms with Crippen LogP contribution in [0.2, 0.25) is 0 Å². The highest BCUT2D eigenvalue weighted by atomic mass is 15.1. The minimum absolute atomic E-state index is 0.195. The molecule has 0 saturated heterocycles. The lowest BCUT2D eigenvalue weighted by molar-refractivity contribution is 0.159. The Morgan fingerprint density at radius 2 is 1.93 bits per heavy atom. The maximum atomic E-state index is 6.22. The van der Waals surface area contributed by atoms with Crippen LogP contribution in [0.3, 0.4) is 0 Å². The van der Waals surface area contributed by atoms with Gasteiger partial charge < -0.3 is 10.6 Å². The van der Waals surface area contributed by atoms with Crippen LogP contribution in [0.15, 0.2) is 0 Å². The summed E-state index contributed by atoms with van der Waals surface area (Å²) in [5.74, 6) is 0. The average Bonchev–Trinajstić information content (AvgIpc) is 2.08. The van der Waals surface area contributed by atoms with Crippen LogP contribution in [0.25, 0.3) is 0 Å². The minimum atomic E-state index is 0.195. The molecule has 0 amide bonds. The van der Waals surface area contributed by atoms with Crippen LogP contribution in [0.1, 0.15) is 52.9 Å². The van der Waals surface area contributed by atoms with E-state index in [1.807, 2.05) is 0 Å². The van der Waals surface area contributed by atoms with Crippen LogP contribution in [-0.2, 0) is 0 Å². The molecule has 2 nitrogen and oxygen atoms in total. The Morgan fingerprint density at radius 1 is 1.29 bits per heavy atom. The van der Waals surface area contributed by atoms with Crippen molar-refractivity contribution in [3.63, 3.8) is 0 Å². The summed E-state index contributed by atoms with van der Waals surface area (Å²) in [6, 6.07) is 0.665. The number of hydrogen-bond acceptors (Lipinski definition) is 2. The first kappa shape index (κ1) is 12.0. The Balaban J connectivity index is 2.25. The van der Waals surface area contributed by atoms with Gasteiger partial charge in [-0.05, 0) is 52.5 Å². The molecule has 2 N–H and O–H groups in total. The third kappa shape index (κ3) is 3.25. The molecule has 0 heterocycles. The number of hydrogen-bond donors (Lipinski definition) is 1. The van der Waals surface area contributed by atoms with E-state index >= 15 is 0 Å². The lowest BCUT2D eigenvalue weighted by atomic mass is 9.75. The van der Waals surface area contributed by atoms with Gasteiger partial charge >= 0.3 is 0 Å². The van der Waals surface area contributed by atoms with Gasteiger partial charge in [0.2, 0.25) is 0 Å². The van der Waals surface area contributed by atoms with Crippen LogP contribution < -0.4 is 5.73 Å². The fourth-order valence-electron chi connectivity index (χ4n) is 2.16. The smallest absolute Gasteiger partial charge is 0.0166 e. The van der Waals surface area contributed by atoms with E-state index in [1.54, 1.807) is 0 Å². The lowest BCUT2D eigenvalue weighted by Crippen LogP contribution is -2.49. The van der Waals surface area contributed by atoms with E-state index in [4.69, 9.17) is 5.73 Å². The zero-order valence-electron chi connectivity index (χ0n) is 10.1. The summed E-state index contributed by atoms with van der Waals surface area (Å²) in [5.41, 5.74) is 6.42. The molecule has 0 spiro atoms. The normalized spacial score (nSPS) is 20.1. The maximum absolute atomic E-state index is 6.22. The first-order valence-electron chi connectivity index (χ1n) is 6.10. The molecule has 0 unspecified atom stereocenters. The highest BCUT2D eigenvalue weighted by Crippen LogP contribution is 2.32. The van der Waals surface area contributed by atoms with Gasteiger partial charge in [0, 0.05) is 18.1 Å². The highest BCUT2D eigenvalue weighted by molar-refractivity contribution is 4.93.